The van der Waals surface area contributed by atoms with Gasteiger partial charge in [-0.25, -0.2) is 0 Å². The molecule has 0 aliphatic heterocycles. The molecule has 2 aromatic rings. The Morgan fingerprint density at radius 2 is 1.70 bits per heavy atom. The molecule has 0 heterocycles. The Hall–Kier alpha value is -1.94. The first-order valence-electron chi connectivity index (χ1n) is 6.31. The van der Waals surface area contributed by atoms with Crippen molar-refractivity contribution in [2.24, 2.45) is 0 Å². The molecule has 0 radical (unpaired) electrons. The van der Waals surface area contributed by atoms with Gasteiger partial charge in [0.25, 0.3) is 0 Å². The van der Waals surface area contributed by atoms with E-state index in [2.05, 4.69) is 12.6 Å². The molecule has 1 unspecified atom stereocenters. The molecule has 1 atom stereocenters. The third kappa shape index (κ3) is 4.31. The van der Waals surface area contributed by atoms with Gasteiger partial charge in [0.1, 0.15) is 17.6 Å². The van der Waals surface area contributed by atoms with Gasteiger partial charge in [-0.2, -0.15) is 12.6 Å². The third-order valence-corrected chi connectivity index (χ3v) is 3.29. The first kappa shape index (κ1) is 14.5. The zero-order valence-electron chi connectivity index (χ0n) is 10.9. The number of carboxylic acid groups (broad SMARTS) is 1. The third-order valence-electron chi connectivity index (χ3n) is 2.89. The maximum Gasteiger partial charge on any atom is 0.316 e. The molecular weight excluding hydrogens is 272 g/mol. The van der Waals surface area contributed by atoms with E-state index in [1.807, 2.05) is 54.6 Å². The minimum atomic E-state index is -0.905. The van der Waals surface area contributed by atoms with Crippen LogP contribution in [0.25, 0.3) is 0 Å². The molecule has 0 amide bonds. The predicted octanol–water partition coefficient (Wildman–Crippen LogP) is 3.19. The molecule has 2 rings (SSSR count). The normalized spacial score (nSPS) is 11.8. The molecule has 104 valence electrons. The van der Waals surface area contributed by atoms with Gasteiger partial charge in [-0.3, -0.25) is 4.79 Å². The highest BCUT2D eigenvalue weighted by Crippen LogP contribution is 2.16. The molecule has 0 fully saturated rings. The van der Waals surface area contributed by atoms with Crippen molar-refractivity contribution in [3.63, 3.8) is 0 Å². The van der Waals surface area contributed by atoms with Crippen LogP contribution in [-0.4, -0.2) is 16.3 Å². The Bertz CT molecular complexity index is 552. The average molecular weight is 288 g/mol. The Kier molecular flexibility index (Phi) is 5.07. The van der Waals surface area contributed by atoms with Crippen LogP contribution in [0.2, 0.25) is 0 Å². The fourth-order valence-electron chi connectivity index (χ4n) is 1.77. The van der Waals surface area contributed by atoms with Gasteiger partial charge in [0.2, 0.25) is 0 Å². The summed E-state index contributed by atoms with van der Waals surface area (Å²) in [5, 5.41) is 8.13. The Morgan fingerprint density at radius 3 is 2.30 bits per heavy atom. The van der Waals surface area contributed by atoms with Crippen LogP contribution in [-0.2, 0) is 17.8 Å². The number of ether oxygens (including phenoxy) is 1. The topological polar surface area (TPSA) is 46.5 Å². The molecule has 1 N–H and O–H groups in total. The van der Waals surface area contributed by atoms with E-state index >= 15 is 0 Å². The summed E-state index contributed by atoms with van der Waals surface area (Å²) in [6, 6.07) is 17.4. The smallest absolute Gasteiger partial charge is 0.316 e. The van der Waals surface area contributed by atoms with E-state index in [0.29, 0.717) is 13.0 Å². The van der Waals surface area contributed by atoms with Gasteiger partial charge in [0.15, 0.2) is 0 Å². The number of carbonyl (C=O) groups is 1. The average Bonchev–Trinajstić information content (AvgIpc) is 2.47. The van der Waals surface area contributed by atoms with Crippen LogP contribution < -0.4 is 4.74 Å². The van der Waals surface area contributed by atoms with Gasteiger partial charge >= 0.3 is 5.97 Å². The maximum atomic E-state index is 10.7. The molecule has 20 heavy (non-hydrogen) atoms. The van der Waals surface area contributed by atoms with Crippen molar-refractivity contribution >= 4 is 18.6 Å². The first-order chi connectivity index (χ1) is 9.65. The molecule has 0 aliphatic carbocycles. The van der Waals surface area contributed by atoms with E-state index < -0.39 is 11.2 Å². The molecule has 0 bridgehead atoms. The van der Waals surface area contributed by atoms with Crippen LogP contribution in [0.15, 0.2) is 54.6 Å². The van der Waals surface area contributed by atoms with Crippen LogP contribution in [0.4, 0.5) is 0 Å². The van der Waals surface area contributed by atoms with Crippen molar-refractivity contribution in [1.29, 1.82) is 0 Å². The van der Waals surface area contributed by atoms with Crippen LogP contribution in [0, 0.1) is 0 Å². The largest absolute Gasteiger partial charge is 0.489 e. The molecule has 0 saturated heterocycles. The van der Waals surface area contributed by atoms with Gasteiger partial charge in [0, 0.05) is 0 Å². The van der Waals surface area contributed by atoms with E-state index in [1.165, 1.54) is 0 Å². The standard InChI is InChI=1S/C16H16O3S/c17-16(18)15(20)10-12-6-8-14(9-7-12)19-11-13-4-2-1-3-5-13/h1-9,15,20H,10-11H2,(H,17,18). The summed E-state index contributed by atoms with van der Waals surface area (Å²) in [5.74, 6) is -0.138. The Morgan fingerprint density at radius 1 is 1.05 bits per heavy atom. The van der Waals surface area contributed by atoms with E-state index in [0.717, 1.165) is 16.9 Å². The van der Waals surface area contributed by atoms with Crippen molar-refractivity contribution in [1.82, 2.24) is 0 Å². The molecule has 0 spiro atoms. The van der Waals surface area contributed by atoms with E-state index in [4.69, 9.17) is 9.84 Å². The highest BCUT2D eigenvalue weighted by Gasteiger charge is 2.12. The summed E-state index contributed by atoms with van der Waals surface area (Å²) >= 11 is 4.02. The number of hydrogen-bond acceptors (Lipinski definition) is 3. The lowest BCUT2D eigenvalue weighted by Crippen LogP contribution is -2.15. The molecule has 3 nitrogen and oxygen atoms in total. The summed E-state index contributed by atoms with van der Waals surface area (Å²) in [4.78, 5) is 10.7. The summed E-state index contributed by atoms with van der Waals surface area (Å²) in [5.41, 5.74) is 2.04. The fourth-order valence-corrected chi connectivity index (χ4v) is 1.98. The molecule has 0 saturated carbocycles. The number of thiol groups is 1. The van der Waals surface area contributed by atoms with E-state index in [-0.39, 0.29) is 0 Å². The Balaban J connectivity index is 1.90. The quantitative estimate of drug-likeness (QED) is 0.802. The molecule has 0 aliphatic rings. The van der Waals surface area contributed by atoms with Crippen LogP contribution >= 0.6 is 12.6 Å². The number of carboxylic acids is 1. The molecule has 0 aromatic heterocycles. The second-order valence-electron chi connectivity index (χ2n) is 4.48. The number of aliphatic carboxylic acids is 1. The van der Waals surface area contributed by atoms with Gasteiger partial charge in [0.05, 0.1) is 0 Å². The Labute approximate surface area is 123 Å². The lowest BCUT2D eigenvalue weighted by atomic mass is 10.1. The van der Waals surface area contributed by atoms with E-state index in [1.54, 1.807) is 0 Å². The number of rotatable bonds is 6. The minimum Gasteiger partial charge on any atom is -0.489 e. The van der Waals surface area contributed by atoms with Crippen LogP contribution in [0.1, 0.15) is 11.1 Å². The number of benzene rings is 2. The minimum absolute atomic E-state index is 0.400. The van der Waals surface area contributed by atoms with Gasteiger partial charge < -0.3 is 9.84 Å². The highest BCUT2D eigenvalue weighted by molar-refractivity contribution is 7.81. The second-order valence-corrected chi connectivity index (χ2v) is 5.10. The maximum absolute atomic E-state index is 10.7. The molecule has 2 aromatic carbocycles. The number of hydrogen-bond donors (Lipinski definition) is 2. The van der Waals surface area contributed by atoms with Gasteiger partial charge in [-0.05, 0) is 29.7 Å². The lowest BCUT2D eigenvalue weighted by Gasteiger charge is -2.08. The van der Waals surface area contributed by atoms with E-state index in [9.17, 15) is 4.79 Å². The zero-order chi connectivity index (χ0) is 14.4. The lowest BCUT2D eigenvalue weighted by molar-refractivity contribution is -0.136. The summed E-state index contributed by atoms with van der Waals surface area (Å²) in [6.07, 6.45) is 0.400. The molecular formula is C16H16O3S. The SMILES string of the molecule is O=C(O)C(S)Cc1ccc(OCc2ccccc2)cc1. The zero-order valence-corrected chi connectivity index (χ0v) is 11.8. The monoisotopic (exact) mass is 288 g/mol. The van der Waals surface area contributed by atoms with Gasteiger partial charge in [-0.1, -0.05) is 42.5 Å². The highest BCUT2D eigenvalue weighted by atomic mass is 32.1. The van der Waals surface area contributed by atoms with Gasteiger partial charge in [-0.15, -0.1) is 0 Å². The summed E-state index contributed by atoms with van der Waals surface area (Å²) in [7, 11) is 0. The summed E-state index contributed by atoms with van der Waals surface area (Å²) in [6.45, 7) is 0.518. The van der Waals surface area contributed by atoms with Crippen molar-refractivity contribution < 1.29 is 14.6 Å². The molecule has 4 heteroatoms. The van der Waals surface area contributed by atoms with Crippen LogP contribution in [0.5, 0.6) is 5.75 Å². The second kappa shape index (κ2) is 7.01. The fraction of sp³-hybridized carbons (Fsp3) is 0.188. The predicted molar refractivity (Wildman–Crippen MR) is 81.3 cm³/mol. The van der Waals surface area contributed by atoms with Crippen molar-refractivity contribution in [3.05, 3.63) is 65.7 Å². The van der Waals surface area contributed by atoms with Crippen molar-refractivity contribution in [2.45, 2.75) is 18.3 Å². The van der Waals surface area contributed by atoms with Crippen LogP contribution in [0.3, 0.4) is 0 Å². The first-order valence-corrected chi connectivity index (χ1v) is 6.83. The van der Waals surface area contributed by atoms with Crippen molar-refractivity contribution in [2.75, 3.05) is 0 Å². The summed E-state index contributed by atoms with van der Waals surface area (Å²) < 4.78 is 5.66. The van der Waals surface area contributed by atoms with Crippen molar-refractivity contribution in [3.8, 4) is 5.75 Å².